The van der Waals surface area contributed by atoms with Crippen molar-refractivity contribution in [3.63, 3.8) is 0 Å². The zero-order valence-electron chi connectivity index (χ0n) is 16.2. The van der Waals surface area contributed by atoms with E-state index in [-0.39, 0.29) is 18.2 Å². The van der Waals surface area contributed by atoms with Crippen LogP contribution in [0.4, 0.5) is 5.69 Å². The minimum atomic E-state index is -0.576. The van der Waals surface area contributed by atoms with E-state index in [0.717, 1.165) is 43.4 Å². The van der Waals surface area contributed by atoms with Gasteiger partial charge in [0.1, 0.15) is 16.8 Å². The van der Waals surface area contributed by atoms with Gasteiger partial charge in [0.2, 0.25) is 11.8 Å². The van der Waals surface area contributed by atoms with Crippen LogP contribution < -0.4 is 9.64 Å². The third-order valence-corrected chi connectivity index (χ3v) is 6.51. The van der Waals surface area contributed by atoms with Crippen molar-refractivity contribution in [1.29, 1.82) is 5.26 Å². The number of nitrogens with zero attached hydrogens (tertiary/aromatic N) is 3. The highest BCUT2D eigenvalue weighted by atomic mass is 32.2. The summed E-state index contributed by atoms with van der Waals surface area (Å²) in [6.45, 7) is 0. The Bertz CT molecular complexity index is 998. The van der Waals surface area contributed by atoms with Crippen molar-refractivity contribution in [3.8, 4) is 11.8 Å². The van der Waals surface area contributed by atoms with E-state index in [1.54, 1.807) is 31.4 Å². The highest BCUT2D eigenvalue weighted by Crippen LogP contribution is 2.36. The second-order valence-electron chi connectivity index (χ2n) is 7.20. The smallest absolute Gasteiger partial charge is 0.247 e. The number of imide groups is 1. The van der Waals surface area contributed by atoms with Crippen LogP contribution in [0, 0.1) is 11.3 Å². The number of benzene rings is 1. The van der Waals surface area contributed by atoms with Crippen LogP contribution in [-0.4, -0.2) is 29.2 Å². The summed E-state index contributed by atoms with van der Waals surface area (Å²) in [6.07, 6.45) is 5.28. The Labute approximate surface area is 173 Å². The minimum Gasteiger partial charge on any atom is -0.497 e. The predicted molar refractivity (Wildman–Crippen MR) is 110 cm³/mol. The molecule has 2 aromatic rings. The zero-order chi connectivity index (χ0) is 20.4. The number of ether oxygens (including phenoxy) is 1. The van der Waals surface area contributed by atoms with Crippen LogP contribution in [-0.2, 0) is 22.4 Å². The van der Waals surface area contributed by atoms with Gasteiger partial charge in [0.05, 0.1) is 23.6 Å². The van der Waals surface area contributed by atoms with Crippen LogP contribution >= 0.6 is 11.8 Å². The Morgan fingerprint density at radius 3 is 2.66 bits per heavy atom. The van der Waals surface area contributed by atoms with Gasteiger partial charge >= 0.3 is 0 Å². The van der Waals surface area contributed by atoms with Gasteiger partial charge in [0.25, 0.3) is 0 Å². The molecule has 4 rings (SSSR count). The highest BCUT2D eigenvalue weighted by molar-refractivity contribution is 8.00. The lowest BCUT2D eigenvalue weighted by Crippen LogP contribution is -2.31. The van der Waals surface area contributed by atoms with Crippen LogP contribution in [0.25, 0.3) is 0 Å². The fourth-order valence-corrected chi connectivity index (χ4v) is 4.89. The van der Waals surface area contributed by atoms with Crippen molar-refractivity contribution in [1.82, 2.24) is 4.98 Å². The van der Waals surface area contributed by atoms with Gasteiger partial charge in [-0.15, -0.1) is 0 Å². The third kappa shape index (κ3) is 3.85. The Kier molecular flexibility index (Phi) is 5.54. The molecule has 1 atom stereocenters. The number of thioether (sulfide) groups is 1. The van der Waals surface area contributed by atoms with Crippen molar-refractivity contribution in [2.75, 3.05) is 12.0 Å². The number of carbonyl (C=O) groups is 2. The maximum Gasteiger partial charge on any atom is 0.247 e. The Hall–Kier alpha value is -2.85. The van der Waals surface area contributed by atoms with Gasteiger partial charge in [-0.2, -0.15) is 5.26 Å². The number of nitriles is 1. The highest BCUT2D eigenvalue weighted by Gasteiger charge is 2.40. The van der Waals surface area contributed by atoms with Crippen molar-refractivity contribution < 1.29 is 14.3 Å². The number of fused-ring (bicyclic) bond motifs is 1. The standard InChI is InChI=1S/C22H21N3O3S/c1-28-17-9-7-16(8-10-17)25-20(26)12-19(22(25)27)29-21-15(13-23)11-14-5-3-2-4-6-18(14)24-21/h7-11,19H,2-6,12H2,1H3/t19-/m1/s1. The van der Waals surface area contributed by atoms with Crippen molar-refractivity contribution in [3.05, 3.63) is 47.2 Å². The number of aryl methyl sites for hydroxylation is 2. The van der Waals surface area contributed by atoms with E-state index in [2.05, 4.69) is 6.07 Å². The van der Waals surface area contributed by atoms with E-state index < -0.39 is 5.25 Å². The molecular formula is C22H21N3O3S. The lowest BCUT2D eigenvalue weighted by atomic mass is 10.1. The van der Waals surface area contributed by atoms with Gasteiger partial charge in [0, 0.05) is 12.1 Å². The number of pyridine rings is 1. The third-order valence-electron chi connectivity index (χ3n) is 5.33. The summed E-state index contributed by atoms with van der Waals surface area (Å²) >= 11 is 1.23. The molecule has 1 saturated heterocycles. The predicted octanol–water partition coefficient (Wildman–Crippen LogP) is 3.65. The van der Waals surface area contributed by atoms with Crippen LogP contribution in [0.2, 0.25) is 0 Å². The molecule has 0 saturated carbocycles. The van der Waals surface area contributed by atoms with Crippen LogP contribution in [0.5, 0.6) is 5.75 Å². The first-order chi connectivity index (χ1) is 14.1. The molecule has 148 valence electrons. The van der Waals surface area contributed by atoms with Gasteiger partial charge in [-0.05, 0) is 61.6 Å². The molecule has 0 bridgehead atoms. The van der Waals surface area contributed by atoms with Crippen molar-refractivity contribution >= 4 is 29.3 Å². The number of methoxy groups -OCH3 is 1. The first-order valence-corrected chi connectivity index (χ1v) is 10.6. The number of amides is 2. The molecule has 1 aliphatic carbocycles. The first kappa shape index (κ1) is 19.5. The Morgan fingerprint density at radius 2 is 1.93 bits per heavy atom. The largest absolute Gasteiger partial charge is 0.497 e. The Balaban J connectivity index is 1.58. The van der Waals surface area contributed by atoms with Gasteiger partial charge in [-0.1, -0.05) is 18.2 Å². The van der Waals surface area contributed by atoms with E-state index >= 15 is 0 Å². The molecule has 1 fully saturated rings. The summed E-state index contributed by atoms with van der Waals surface area (Å²) in [5.74, 6) is 0.142. The van der Waals surface area contributed by atoms with Crippen molar-refractivity contribution in [2.45, 2.75) is 48.8 Å². The average Bonchev–Trinajstić information content (AvgIpc) is 2.89. The molecule has 6 nitrogen and oxygen atoms in total. The average molecular weight is 407 g/mol. The van der Waals surface area contributed by atoms with Crippen LogP contribution in [0.3, 0.4) is 0 Å². The molecule has 1 aromatic heterocycles. The van der Waals surface area contributed by atoms with Crippen LogP contribution in [0.1, 0.15) is 42.5 Å². The number of carbonyl (C=O) groups excluding carboxylic acids is 2. The van der Waals surface area contributed by atoms with Gasteiger partial charge < -0.3 is 4.74 Å². The molecule has 2 amide bonds. The second kappa shape index (κ2) is 8.26. The fourth-order valence-electron chi connectivity index (χ4n) is 3.79. The molecular weight excluding hydrogens is 386 g/mol. The topological polar surface area (TPSA) is 83.3 Å². The molecule has 0 N–H and O–H groups in total. The fraction of sp³-hybridized carbons (Fsp3) is 0.364. The molecule has 0 radical (unpaired) electrons. The summed E-state index contributed by atoms with van der Waals surface area (Å²) in [4.78, 5) is 31.5. The molecule has 1 aliphatic heterocycles. The van der Waals surface area contributed by atoms with Crippen molar-refractivity contribution in [2.24, 2.45) is 0 Å². The number of hydrogen-bond acceptors (Lipinski definition) is 6. The quantitative estimate of drug-likeness (QED) is 0.568. The van der Waals surface area contributed by atoms with E-state index in [0.29, 0.717) is 22.0 Å². The maximum atomic E-state index is 13.0. The number of hydrogen-bond donors (Lipinski definition) is 0. The van der Waals surface area contributed by atoms with Gasteiger partial charge in [-0.3, -0.25) is 9.59 Å². The molecule has 7 heteroatoms. The molecule has 1 aromatic carbocycles. The molecule has 0 unspecified atom stereocenters. The summed E-state index contributed by atoms with van der Waals surface area (Å²) in [5, 5.41) is 9.56. The van der Waals surface area contributed by atoms with E-state index in [9.17, 15) is 14.9 Å². The second-order valence-corrected chi connectivity index (χ2v) is 8.39. The SMILES string of the molecule is COc1ccc(N2C(=O)C[C@@H](Sc3nc4c(cc3C#N)CCCCC4)C2=O)cc1. The molecule has 2 heterocycles. The molecule has 29 heavy (non-hydrogen) atoms. The maximum absolute atomic E-state index is 13.0. The monoisotopic (exact) mass is 407 g/mol. The van der Waals surface area contributed by atoms with Gasteiger partial charge in [-0.25, -0.2) is 9.88 Å². The normalized spacial score (nSPS) is 18.9. The van der Waals surface area contributed by atoms with E-state index in [1.165, 1.54) is 16.7 Å². The Morgan fingerprint density at radius 1 is 1.17 bits per heavy atom. The zero-order valence-corrected chi connectivity index (χ0v) is 17.0. The first-order valence-electron chi connectivity index (χ1n) is 9.71. The number of aromatic nitrogens is 1. The summed E-state index contributed by atoms with van der Waals surface area (Å²) < 4.78 is 5.13. The van der Waals surface area contributed by atoms with E-state index in [1.807, 2.05) is 6.07 Å². The van der Waals surface area contributed by atoms with E-state index in [4.69, 9.17) is 9.72 Å². The van der Waals surface area contributed by atoms with Crippen LogP contribution in [0.15, 0.2) is 35.4 Å². The lowest BCUT2D eigenvalue weighted by molar-refractivity contribution is -0.121. The number of rotatable bonds is 4. The summed E-state index contributed by atoms with van der Waals surface area (Å²) in [7, 11) is 1.56. The summed E-state index contributed by atoms with van der Waals surface area (Å²) in [6, 6.07) is 11.0. The molecule has 0 spiro atoms. The minimum absolute atomic E-state index is 0.0964. The lowest BCUT2D eigenvalue weighted by Gasteiger charge is -2.16. The summed E-state index contributed by atoms with van der Waals surface area (Å²) in [5.41, 5.74) is 3.17. The van der Waals surface area contributed by atoms with Gasteiger partial charge in [0.15, 0.2) is 0 Å². The number of anilines is 1. The molecule has 2 aliphatic rings.